The highest BCUT2D eigenvalue weighted by Gasteiger charge is 2.39. The van der Waals surface area contributed by atoms with Gasteiger partial charge in [0, 0.05) is 20.1 Å². The fourth-order valence-electron chi connectivity index (χ4n) is 3.22. The van der Waals surface area contributed by atoms with Crippen molar-refractivity contribution in [3.05, 3.63) is 56.8 Å². The summed E-state index contributed by atoms with van der Waals surface area (Å²) in [6.07, 6.45) is -2.60. The highest BCUT2D eigenvalue weighted by molar-refractivity contribution is 7.90. The van der Waals surface area contributed by atoms with E-state index in [1.54, 1.807) is 0 Å². The van der Waals surface area contributed by atoms with Gasteiger partial charge >= 0.3 is 10.2 Å². The Balaban J connectivity index is 1.69. The summed E-state index contributed by atoms with van der Waals surface area (Å²) in [5.74, 6) is -1.66. The van der Waals surface area contributed by atoms with Crippen LogP contribution in [0.25, 0.3) is 10.9 Å². The Morgan fingerprint density at radius 3 is 2.45 bits per heavy atom. The van der Waals surface area contributed by atoms with Crippen molar-refractivity contribution >= 4 is 50.0 Å². The van der Waals surface area contributed by atoms with E-state index in [0.29, 0.717) is 4.31 Å². The molecule has 1 aliphatic rings. The lowest BCUT2D eigenvalue weighted by Crippen LogP contribution is -2.34. The Morgan fingerprint density at radius 2 is 1.79 bits per heavy atom. The van der Waals surface area contributed by atoms with Crippen molar-refractivity contribution in [2.24, 2.45) is 7.05 Å². The van der Waals surface area contributed by atoms with E-state index < -0.39 is 57.8 Å². The van der Waals surface area contributed by atoms with Gasteiger partial charge in [0.1, 0.15) is 23.1 Å². The minimum absolute atomic E-state index is 0.0307. The van der Waals surface area contributed by atoms with Crippen molar-refractivity contribution in [3.8, 4) is 11.5 Å². The molecule has 14 heteroatoms. The monoisotopic (exact) mass is 522 g/mol. The van der Waals surface area contributed by atoms with Crippen LogP contribution < -0.4 is 15.0 Å². The molecule has 1 fully saturated rings. The summed E-state index contributed by atoms with van der Waals surface area (Å²) >= 11 is 12.5. The number of anilines is 1. The molecule has 2 heterocycles. The molecular formula is C19H15Cl2F3N4O4S. The number of alkyl halides is 2. The number of nitrogens with one attached hydrogen (secondary N) is 1. The molecule has 8 nitrogen and oxygen atoms in total. The second kappa shape index (κ2) is 8.67. The van der Waals surface area contributed by atoms with Gasteiger partial charge < -0.3 is 9.30 Å². The minimum Gasteiger partial charge on any atom is -0.451 e. The van der Waals surface area contributed by atoms with Crippen LogP contribution in [0, 0.1) is 5.82 Å². The minimum atomic E-state index is -4.39. The lowest BCUT2D eigenvalue weighted by Gasteiger charge is -2.19. The molecule has 1 aliphatic heterocycles. The second-order valence-corrected chi connectivity index (χ2v) is 9.66. The van der Waals surface area contributed by atoms with E-state index in [1.165, 1.54) is 30.1 Å². The van der Waals surface area contributed by atoms with Crippen molar-refractivity contribution in [2.75, 3.05) is 17.8 Å². The molecular weight excluding hydrogens is 508 g/mol. The van der Waals surface area contributed by atoms with Gasteiger partial charge in [0.2, 0.25) is 0 Å². The first kappa shape index (κ1) is 23.6. The van der Waals surface area contributed by atoms with Gasteiger partial charge in [-0.3, -0.25) is 9.52 Å². The van der Waals surface area contributed by atoms with Crippen LogP contribution in [0.15, 0.2) is 35.4 Å². The normalized spacial score (nSPS) is 19.2. The molecule has 0 saturated carbocycles. The number of nitrogens with zero attached hydrogens (tertiary/aromatic N) is 3. The third-order valence-corrected chi connectivity index (χ3v) is 7.18. The maximum atomic E-state index is 14.5. The predicted octanol–water partition coefficient (Wildman–Crippen LogP) is 3.82. The lowest BCUT2D eigenvalue weighted by molar-refractivity contribution is 0.217. The molecule has 3 aromatic rings. The number of fused-ring (bicyclic) bond motifs is 1. The second-order valence-electron chi connectivity index (χ2n) is 7.23. The van der Waals surface area contributed by atoms with Crippen molar-refractivity contribution in [3.63, 3.8) is 0 Å². The fraction of sp³-hybridized carbons (Fsp3) is 0.263. The molecule has 1 saturated heterocycles. The zero-order valence-electron chi connectivity index (χ0n) is 16.7. The van der Waals surface area contributed by atoms with E-state index in [2.05, 4.69) is 9.71 Å². The van der Waals surface area contributed by atoms with Crippen LogP contribution in [0.2, 0.25) is 10.0 Å². The van der Waals surface area contributed by atoms with E-state index in [0.717, 1.165) is 12.1 Å². The Hall–Kier alpha value is -2.54. The molecule has 1 aromatic heterocycles. The Bertz CT molecular complexity index is 1410. The van der Waals surface area contributed by atoms with Crippen molar-refractivity contribution in [2.45, 2.75) is 12.3 Å². The zero-order chi connectivity index (χ0) is 24.1. The summed E-state index contributed by atoms with van der Waals surface area (Å²) in [5.41, 5.74) is -0.474. The third-order valence-electron chi connectivity index (χ3n) is 4.98. The standard InChI is InChI=1S/C19H15Cl2F3N4O4S/c1-27-8-25-12-4-5-14(17(21)15(12)19(27)29)32-18-9(22)2-3-13(16(18)20)26-33(30,31)28-6-10(23)11(24)7-28/h2-5,8,10-11,26H,6-7H2,1H3/t10-,11+. The van der Waals surface area contributed by atoms with Gasteiger partial charge in [-0.2, -0.15) is 12.7 Å². The summed E-state index contributed by atoms with van der Waals surface area (Å²) in [5, 5.41) is -0.590. The number of aromatic nitrogens is 2. The number of aryl methyl sites for hydroxylation is 1. The fourth-order valence-corrected chi connectivity index (χ4v) is 5.05. The molecule has 2 atom stereocenters. The summed E-state index contributed by atoms with van der Waals surface area (Å²) in [6.45, 7) is -1.34. The van der Waals surface area contributed by atoms with Crippen LogP contribution in [-0.4, -0.2) is 47.7 Å². The van der Waals surface area contributed by atoms with Gasteiger partial charge in [0.05, 0.1) is 27.9 Å². The van der Waals surface area contributed by atoms with E-state index >= 15 is 0 Å². The first-order valence-electron chi connectivity index (χ1n) is 9.35. The summed E-state index contributed by atoms with van der Waals surface area (Å²) in [4.78, 5) is 16.5. The SMILES string of the molecule is Cn1cnc2ccc(Oc3c(F)ccc(NS(=O)(=O)N4C[C@@H](F)[C@@H](F)C4)c3Cl)c(Cl)c2c1=O. The van der Waals surface area contributed by atoms with Gasteiger partial charge in [-0.05, 0) is 24.3 Å². The van der Waals surface area contributed by atoms with Gasteiger partial charge in [-0.25, -0.2) is 18.2 Å². The maximum absolute atomic E-state index is 14.5. The molecule has 0 spiro atoms. The molecule has 0 radical (unpaired) electrons. The number of benzene rings is 2. The molecule has 0 bridgehead atoms. The third kappa shape index (κ3) is 4.35. The topological polar surface area (TPSA) is 93.5 Å². The van der Waals surface area contributed by atoms with Crippen molar-refractivity contribution < 1.29 is 26.3 Å². The van der Waals surface area contributed by atoms with Crippen LogP contribution in [0.4, 0.5) is 18.9 Å². The molecule has 176 valence electrons. The van der Waals surface area contributed by atoms with Gasteiger partial charge in [0.15, 0.2) is 11.6 Å². The highest BCUT2D eigenvalue weighted by atomic mass is 35.5. The smallest absolute Gasteiger partial charge is 0.301 e. The number of ether oxygens (including phenoxy) is 1. The number of halogens is 5. The zero-order valence-corrected chi connectivity index (χ0v) is 19.1. The number of hydrogen-bond acceptors (Lipinski definition) is 5. The molecule has 2 aromatic carbocycles. The molecule has 0 amide bonds. The maximum Gasteiger partial charge on any atom is 0.301 e. The highest BCUT2D eigenvalue weighted by Crippen LogP contribution is 2.41. The number of hydrogen-bond donors (Lipinski definition) is 1. The Labute approximate surface area is 195 Å². The molecule has 0 unspecified atom stereocenters. The Morgan fingerprint density at radius 1 is 1.12 bits per heavy atom. The van der Waals surface area contributed by atoms with E-state index in [1.807, 2.05) is 0 Å². The predicted molar refractivity (Wildman–Crippen MR) is 117 cm³/mol. The van der Waals surface area contributed by atoms with E-state index in [-0.39, 0.29) is 27.4 Å². The van der Waals surface area contributed by atoms with Crippen molar-refractivity contribution in [1.82, 2.24) is 13.9 Å². The summed E-state index contributed by atoms with van der Waals surface area (Å²) < 4.78 is 75.7. The first-order chi connectivity index (χ1) is 15.5. The Kier molecular flexibility index (Phi) is 6.20. The molecule has 0 aliphatic carbocycles. The lowest BCUT2D eigenvalue weighted by atomic mass is 10.2. The van der Waals surface area contributed by atoms with Crippen molar-refractivity contribution in [1.29, 1.82) is 0 Å². The first-order valence-corrected chi connectivity index (χ1v) is 11.5. The largest absolute Gasteiger partial charge is 0.451 e. The van der Waals surface area contributed by atoms with Gasteiger partial charge in [-0.15, -0.1) is 0 Å². The van der Waals surface area contributed by atoms with Crippen LogP contribution in [0.3, 0.4) is 0 Å². The average molecular weight is 523 g/mol. The molecule has 4 rings (SSSR count). The van der Waals surface area contributed by atoms with E-state index in [4.69, 9.17) is 27.9 Å². The van der Waals surface area contributed by atoms with E-state index in [9.17, 15) is 26.4 Å². The van der Waals surface area contributed by atoms with Crippen LogP contribution >= 0.6 is 23.2 Å². The van der Waals surface area contributed by atoms with Crippen LogP contribution in [0.5, 0.6) is 11.5 Å². The van der Waals surface area contributed by atoms with Crippen LogP contribution in [-0.2, 0) is 17.3 Å². The number of rotatable bonds is 5. The summed E-state index contributed by atoms with van der Waals surface area (Å²) in [6, 6.07) is 4.69. The van der Waals surface area contributed by atoms with Gasteiger partial charge in [-0.1, -0.05) is 23.2 Å². The molecule has 33 heavy (non-hydrogen) atoms. The quantitative estimate of drug-likeness (QED) is 0.549. The van der Waals surface area contributed by atoms with Gasteiger partial charge in [0.25, 0.3) is 5.56 Å². The van der Waals surface area contributed by atoms with Crippen LogP contribution in [0.1, 0.15) is 0 Å². The summed E-state index contributed by atoms with van der Waals surface area (Å²) in [7, 11) is -2.92. The molecule has 1 N–H and O–H groups in total. The average Bonchev–Trinajstić information content (AvgIpc) is 3.11.